The van der Waals surface area contributed by atoms with Gasteiger partial charge in [0.2, 0.25) is 0 Å². The summed E-state index contributed by atoms with van der Waals surface area (Å²) in [6, 6.07) is 17.6. The number of alkyl carbamates (subject to hydrolysis) is 1. The first-order valence-corrected chi connectivity index (χ1v) is 12.7. The zero-order valence-corrected chi connectivity index (χ0v) is 20.8. The molecular formula is C26H32N4O3S. The fourth-order valence-electron chi connectivity index (χ4n) is 4.81. The second kappa shape index (κ2) is 9.52. The molecule has 0 saturated carbocycles. The molecule has 0 radical (unpaired) electrons. The zero-order chi connectivity index (χ0) is 23.7. The summed E-state index contributed by atoms with van der Waals surface area (Å²) >= 11 is 1.56. The van der Waals surface area contributed by atoms with Crippen LogP contribution in [-0.4, -0.2) is 64.7 Å². The Balaban J connectivity index is 1.08. The smallest absolute Gasteiger partial charge is 0.407 e. The lowest BCUT2D eigenvalue weighted by molar-refractivity contribution is 0.0514. The molecule has 0 spiro atoms. The highest BCUT2D eigenvalue weighted by Gasteiger charge is 2.42. The van der Waals surface area contributed by atoms with Crippen LogP contribution in [0, 0.1) is 0 Å². The number of nitrogens with zero attached hydrogens (tertiary/aromatic N) is 3. The number of thiazole rings is 1. The molecule has 1 aromatic heterocycles. The minimum absolute atomic E-state index is 0.339. The number of carbonyl (C=O) groups is 1. The average molecular weight is 481 g/mol. The van der Waals surface area contributed by atoms with Gasteiger partial charge >= 0.3 is 6.09 Å². The van der Waals surface area contributed by atoms with E-state index in [1.54, 1.807) is 11.3 Å². The zero-order valence-electron chi connectivity index (χ0n) is 20.0. The van der Waals surface area contributed by atoms with E-state index in [4.69, 9.17) is 9.47 Å². The van der Waals surface area contributed by atoms with Crippen molar-refractivity contribution in [3.63, 3.8) is 0 Å². The van der Waals surface area contributed by atoms with E-state index in [1.165, 1.54) is 12.0 Å². The number of hydrogen-bond acceptors (Lipinski definition) is 7. The Morgan fingerprint density at radius 1 is 1.09 bits per heavy atom. The van der Waals surface area contributed by atoms with E-state index in [0.717, 1.165) is 42.1 Å². The van der Waals surface area contributed by atoms with E-state index >= 15 is 0 Å². The number of aromatic nitrogens is 1. The Morgan fingerprint density at radius 3 is 2.53 bits per heavy atom. The SMILES string of the molecule is CC(C)(C)OC(=O)NCCN1CC2CC1CN2Cc1ccc(Oc2nc3ccccc3s2)cc1. The minimum atomic E-state index is -0.461. The molecule has 2 bridgehead atoms. The number of rotatable bonds is 7. The minimum Gasteiger partial charge on any atom is -0.444 e. The number of para-hydroxylation sites is 1. The summed E-state index contributed by atoms with van der Waals surface area (Å²) in [5, 5.41) is 3.55. The first-order valence-electron chi connectivity index (χ1n) is 11.9. The van der Waals surface area contributed by atoms with Crippen LogP contribution in [0.4, 0.5) is 4.79 Å². The fourth-order valence-corrected chi connectivity index (χ4v) is 5.64. The molecule has 7 nitrogen and oxygen atoms in total. The third-order valence-electron chi connectivity index (χ3n) is 6.32. The number of fused-ring (bicyclic) bond motifs is 3. The molecule has 34 heavy (non-hydrogen) atoms. The van der Waals surface area contributed by atoms with Crippen LogP contribution < -0.4 is 10.1 Å². The quantitative estimate of drug-likeness (QED) is 0.520. The average Bonchev–Trinajstić information content (AvgIpc) is 3.47. The van der Waals surface area contributed by atoms with Crippen LogP contribution in [0.25, 0.3) is 10.2 Å². The number of ether oxygens (including phenoxy) is 2. The Kier molecular flexibility index (Phi) is 6.46. The van der Waals surface area contributed by atoms with Gasteiger partial charge in [-0.1, -0.05) is 35.6 Å². The van der Waals surface area contributed by atoms with Crippen LogP contribution in [0.3, 0.4) is 0 Å². The van der Waals surface area contributed by atoms with E-state index < -0.39 is 5.60 Å². The Hall–Kier alpha value is -2.68. The summed E-state index contributed by atoms with van der Waals surface area (Å²) in [6.45, 7) is 10.2. The highest BCUT2D eigenvalue weighted by Crippen LogP contribution is 2.33. The molecule has 180 valence electrons. The van der Waals surface area contributed by atoms with Gasteiger partial charge in [-0.2, -0.15) is 0 Å². The third kappa shape index (κ3) is 5.51. The summed E-state index contributed by atoms with van der Waals surface area (Å²) < 4.78 is 12.4. The second-order valence-electron chi connectivity index (χ2n) is 10.1. The lowest BCUT2D eigenvalue weighted by atomic mass is 10.2. The van der Waals surface area contributed by atoms with Crippen molar-refractivity contribution in [1.29, 1.82) is 0 Å². The van der Waals surface area contributed by atoms with Gasteiger partial charge in [-0.05, 0) is 57.0 Å². The van der Waals surface area contributed by atoms with Crippen molar-refractivity contribution in [3.8, 4) is 10.9 Å². The predicted octanol–water partition coefficient (Wildman–Crippen LogP) is 4.87. The van der Waals surface area contributed by atoms with Crippen LogP contribution in [0.1, 0.15) is 32.8 Å². The molecule has 0 aliphatic carbocycles. The third-order valence-corrected chi connectivity index (χ3v) is 7.24. The van der Waals surface area contributed by atoms with Gasteiger partial charge in [0.25, 0.3) is 5.19 Å². The molecule has 3 aromatic rings. The van der Waals surface area contributed by atoms with E-state index in [0.29, 0.717) is 23.8 Å². The topological polar surface area (TPSA) is 66.9 Å². The Bertz CT molecular complexity index is 1110. The van der Waals surface area contributed by atoms with Gasteiger partial charge in [0, 0.05) is 44.8 Å². The molecule has 1 amide bonds. The van der Waals surface area contributed by atoms with Crippen LogP contribution in [0.15, 0.2) is 48.5 Å². The standard InChI is InChI=1S/C26H32N4O3S/c1-26(2,3)33-24(31)27-12-13-29-16-20-14-19(29)17-30(20)15-18-8-10-21(11-9-18)32-25-28-22-6-4-5-7-23(22)34-25/h4-11,19-20H,12-17H2,1-3H3,(H,27,31). The number of hydrogen-bond donors (Lipinski definition) is 1. The van der Waals surface area contributed by atoms with E-state index in [2.05, 4.69) is 38.3 Å². The van der Waals surface area contributed by atoms with Crippen molar-refractivity contribution in [3.05, 3.63) is 54.1 Å². The van der Waals surface area contributed by atoms with E-state index in [9.17, 15) is 4.79 Å². The van der Waals surface area contributed by atoms with Crippen LogP contribution in [0.2, 0.25) is 0 Å². The van der Waals surface area contributed by atoms with Gasteiger partial charge < -0.3 is 14.8 Å². The van der Waals surface area contributed by atoms with Gasteiger partial charge in [-0.3, -0.25) is 9.80 Å². The van der Waals surface area contributed by atoms with Crippen molar-refractivity contribution >= 4 is 27.6 Å². The highest BCUT2D eigenvalue weighted by molar-refractivity contribution is 7.20. The Labute approximate surface area is 204 Å². The van der Waals surface area contributed by atoms with Gasteiger partial charge in [-0.15, -0.1) is 0 Å². The molecule has 2 saturated heterocycles. The largest absolute Gasteiger partial charge is 0.444 e. The summed E-state index contributed by atoms with van der Waals surface area (Å²) in [4.78, 5) is 21.5. The van der Waals surface area contributed by atoms with Crippen molar-refractivity contribution in [2.45, 2.75) is 51.4 Å². The molecule has 2 aliphatic heterocycles. The molecular weight excluding hydrogens is 448 g/mol. The van der Waals surface area contributed by atoms with Crippen LogP contribution in [0.5, 0.6) is 10.9 Å². The van der Waals surface area contributed by atoms with Crippen molar-refractivity contribution in [2.24, 2.45) is 0 Å². The first-order chi connectivity index (χ1) is 16.3. The van der Waals surface area contributed by atoms with Crippen LogP contribution >= 0.6 is 11.3 Å². The van der Waals surface area contributed by atoms with Crippen LogP contribution in [-0.2, 0) is 11.3 Å². The predicted molar refractivity (Wildman–Crippen MR) is 135 cm³/mol. The molecule has 2 atom stereocenters. The normalized spacial score (nSPS) is 20.7. The first kappa shape index (κ1) is 23.1. The number of benzene rings is 2. The molecule has 5 rings (SSSR count). The number of likely N-dealkylation sites (tertiary alicyclic amines) is 2. The fraction of sp³-hybridized carbons (Fsp3) is 0.462. The molecule has 2 unspecified atom stereocenters. The van der Waals surface area contributed by atoms with Crippen molar-refractivity contribution in [1.82, 2.24) is 20.1 Å². The summed E-state index contributed by atoms with van der Waals surface area (Å²) in [5.41, 5.74) is 1.80. The maximum Gasteiger partial charge on any atom is 0.407 e. The van der Waals surface area contributed by atoms with Crippen molar-refractivity contribution in [2.75, 3.05) is 26.2 Å². The molecule has 2 fully saturated rings. The number of carbonyl (C=O) groups excluding carboxylic acids is 1. The molecule has 2 aliphatic rings. The molecule has 8 heteroatoms. The Morgan fingerprint density at radius 2 is 1.82 bits per heavy atom. The van der Waals surface area contributed by atoms with Gasteiger partial charge in [0.15, 0.2) is 0 Å². The number of nitrogens with one attached hydrogen (secondary N) is 1. The number of amides is 1. The molecule has 2 aromatic carbocycles. The van der Waals surface area contributed by atoms with Gasteiger partial charge in [0.1, 0.15) is 11.4 Å². The monoisotopic (exact) mass is 480 g/mol. The van der Waals surface area contributed by atoms with Gasteiger partial charge in [-0.25, -0.2) is 9.78 Å². The molecule has 3 heterocycles. The summed E-state index contributed by atoms with van der Waals surface area (Å²) in [5.74, 6) is 0.814. The maximum absolute atomic E-state index is 11.8. The second-order valence-corrected chi connectivity index (χ2v) is 11.1. The number of piperazine rings is 1. The van der Waals surface area contributed by atoms with Gasteiger partial charge in [0.05, 0.1) is 10.2 Å². The summed E-state index contributed by atoms with van der Waals surface area (Å²) in [6.07, 6.45) is 0.861. The maximum atomic E-state index is 11.8. The van der Waals surface area contributed by atoms with Crippen molar-refractivity contribution < 1.29 is 14.3 Å². The highest BCUT2D eigenvalue weighted by atomic mass is 32.1. The van der Waals surface area contributed by atoms with E-state index in [-0.39, 0.29) is 6.09 Å². The summed E-state index contributed by atoms with van der Waals surface area (Å²) in [7, 11) is 0. The molecule has 1 N–H and O–H groups in total. The lowest BCUT2D eigenvalue weighted by Gasteiger charge is -2.34. The lowest BCUT2D eigenvalue weighted by Crippen LogP contribution is -2.48. The van der Waals surface area contributed by atoms with E-state index in [1.807, 2.05) is 51.1 Å².